The van der Waals surface area contributed by atoms with E-state index in [1.165, 1.54) is 6.92 Å². The minimum absolute atomic E-state index is 0.181. The van der Waals surface area contributed by atoms with Crippen LogP contribution in [0.25, 0.3) is 11.0 Å². The summed E-state index contributed by atoms with van der Waals surface area (Å²) in [6.45, 7) is 5.54. The van der Waals surface area contributed by atoms with Crippen molar-refractivity contribution in [3.8, 4) is 0 Å². The van der Waals surface area contributed by atoms with Crippen LogP contribution in [0.3, 0.4) is 0 Å². The first-order valence-corrected chi connectivity index (χ1v) is 8.87. The molecule has 2 amide bonds. The molecule has 0 saturated heterocycles. The van der Waals surface area contributed by atoms with E-state index >= 15 is 0 Å². The quantitative estimate of drug-likeness (QED) is 0.873. The molecule has 0 radical (unpaired) electrons. The van der Waals surface area contributed by atoms with Crippen LogP contribution in [0.5, 0.6) is 0 Å². The summed E-state index contributed by atoms with van der Waals surface area (Å²) < 4.78 is 1.85. The summed E-state index contributed by atoms with van der Waals surface area (Å²) in [5.74, 6) is -0.164. The maximum Gasteiger partial charge on any atom is 0.247 e. The largest absolute Gasteiger partial charge is 0.344 e. The highest BCUT2D eigenvalue weighted by atomic mass is 16.2. The van der Waals surface area contributed by atoms with Crippen LogP contribution in [-0.2, 0) is 9.59 Å². The van der Waals surface area contributed by atoms with E-state index in [1.54, 1.807) is 12.4 Å². The van der Waals surface area contributed by atoms with Crippen molar-refractivity contribution in [3.63, 3.8) is 0 Å². The van der Waals surface area contributed by atoms with Crippen LogP contribution in [0.4, 0.5) is 5.69 Å². The first kappa shape index (κ1) is 17.4. The molecule has 1 aliphatic rings. The van der Waals surface area contributed by atoms with E-state index in [0.29, 0.717) is 5.69 Å². The maximum atomic E-state index is 12.7. The van der Waals surface area contributed by atoms with Crippen LogP contribution in [-0.4, -0.2) is 32.6 Å². The van der Waals surface area contributed by atoms with Crippen molar-refractivity contribution < 1.29 is 9.59 Å². The van der Waals surface area contributed by atoms with Gasteiger partial charge < -0.3 is 10.6 Å². The van der Waals surface area contributed by atoms with Crippen LogP contribution in [0.15, 0.2) is 18.5 Å². The summed E-state index contributed by atoms with van der Waals surface area (Å²) >= 11 is 0. The standard InChI is InChI=1S/C18H25N5O2/c1-11(2)23-17-14(9-20-23)8-15(10-19-17)22-18(25)16(21-12(3)24)13-6-4-5-7-13/h8-11,13,16H,4-7H2,1-3H3,(H,21,24)(H,22,25). The predicted octanol–water partition coefficient (Wildman–Crippen LogP) is 2.65. The highest BCUT2D eigenvalue weighted by molar-refractivity contribution is 5.98. The summed E-state index contributed by atoms with van der Waals surface area (Å²) in [5, 5.41) is 10.9. The molecule has 7 nitrogen and oxygen atoms in total. The Morgan fingerprint density at radius 1 is 1.24 bits per heavy atom. The van der Waals surface area contributed by atoms with Gasteiger partial charge >= 0.3 is 0 Å². The van der Waals surface area contributed by atoms with Gasteiger partial charge in [-0.05, 0) is 38.7 Å². The number of carbonyl (C=O) groups excluding carboxylic acids is 2. The Kier molecular flexibility index (Phi) is 5.01. The molecule has 0 spiro atoms. The lowest BCUT2D eigenvalue weighted by atomic mass is 9.97. The molecule has 1 aliphatic carbocycles. The third kappa shape index (κ3) is 3.81. The fourth-order valence-electron chi connectivity index (χ4n) is 3.51. The van der Waals surface area contributed by atoms with E-state index in [2.05, 4.69) is 20.7 Å². The third-order valence-electron chi connectivity index (χ3n) is 4.70. The zero-order chi connectivity index (χ0) is 18.0. The van der Waals surface area contributed by atoms with Crippen molar-refractivity contribution in [2.75, 3.05) is 5.32 Å². The van der Waals surface area contributed by atoms with Crippen LogP contribution in [0, 0.1) is 5.92 Å². The van der Waals surface area contributed by atoms with Gasteiger partial charge in [0.15, 0.2) is 5.65 Å². The number of carbonyl (C=O) groups is 2. The van der Waals surface area contributed by atoms with Gasteiger partial charge in [-0.1, -0.05) is 12.8 Å². The van der Waals surface area contributed by atoms with Gasteiger partial charge in [0.1, 0.15) is 6.04 Å². The number of hydrogen-bond donors (Lipinski definition) is 2. The lowest BCUT2D eigenvalue weighted by Crippen LogP contribution is -2.47. The molecule has 25 heavy (non-hydrogen) atoms. The lowest BCUT2D eigenvalue weighted by Gasteiger charge is -2.23. The SMILES string of the molecule is CC(=O)NC(C(=O)Nc1cnc2c(cnn2C(C)C)c1)C1CCCC1. The Morgan fingerprint density at radius 3 is 2.60 bits per heavy atom. The van der Waals surface area contributed by atoms with Crippen LogP contribution >= 0.6 is 0 Å². The van der Waals surface area contributed by atoms with E-state index in [4.69, 9.17) is 0 Å². The van der Waals surface area contributed by atoms with E-state index in [1.807, 2.05) is 24.6 Å². The Bertz CT molecular complexity index is 777. The molecule has 1 atom stereocenters. The summed E-state index contributed by atoms with van der Waals surface area (Å²) in [4.78, 5) is 28.6. The lowest BCUT2D eigenvalue weighted by molar-refractivity contribution is -0.126. The number of anilines is 1. The number of hydrogen-bond acceptors (Lipinski definition) is 4. The molecule has 2 aromatic rings. The molecule has 2 N–H and O–H groups in total. The second-order valence-electron chi connectivity index (χ2n) is 7.03. The van der Waals surface area contributed by atoms with Crippen LogP contribution < -0.4 is 10.6 Å². The number of nitrogens with zero attached hydrogens (tertiary/aromatic N) is 3. The van der Waals surface area contributed by atoms with Gasteiger partial charge in [0.2, 0.25) is 11.8 Å². The molecule has 0 aromatic carbocycles. The fourth-order valence-corrected chi connectivity index (χ4v) is 3.51. The number of nitrogens with one attached hydrogen (secondary N) is 2. The van der Waals surface area contributed by atoms with E-state index in [-0.39, 0.29) is 23.8 Å². The van der Waals surface area contributed by atoms with E-state index in [9.17, 15) is 9.59 Å². The van der Waals surface area contributed by atoms with Gasteiger partial charge in [-0.3, -0.25) is 9.59 Å². The third-order valence-corrected chi connectivity index (χ3v) is 4.70. The van der Waals surface area contributed by atoms with Gasteiger partial charge in [0.25, 0.3) is 0 Å². The van der Waals surface area contributed by atoms with E-state index in [0.717, 1.165) is 36.7 Å². The average Bonchev–Trinajstić information content (AvgIpc) is 3.21. The fraction of sp³-hybridized carbons (Fsp3) is 0.556. The predicted molar refractivity (Wildman–Crippen MR) is 96.1 cm³/mol. The molecule has 0 bridgehead atoms. The Labute approximate surface area is 147 Å². The zero-order valence-electron chi connectivity index (χ0n) is 15.0. The Morgan fingerprint density at radius 2 is 1.96 bits per heavy atom. The van der Waals surface area contributed by atoms with Gasteiger partial charge in [-0.25, -0.2) is 9.67 Å². The number of amides is 2. The topological polar surface area (TPSA) is 88.9 Å². The molecular weight excluding hydrogens is 318 g/mol. The molecule has 2 aromatic heterocycles. The summed E-state index contributed by atoms with van der Waals surface area (Å²) in [6, 6.07) is 1.59. The smallest absolute Gasteiger partial charge is 0.247 e. The zero-order valence-corrected chi connectivity index (χ0v) is 15.0. The average molecular weight is 343 g/mol. The highest BCUT2D eigenvalue weighted by Gasteiger charge is 2.31. The summed E-state index contributed by atoms with van der Waals surface area (Å²) in [5.41, 5.74) is 1.41. The normalized spacial score (nSPS) is 16.3. The van der Waals surface area contributed by atoms with Gasteiger partial charge in [-0.15, -0.1) is 0 Å². The molecular formula is C18H25N5O2. The summed E-state index contributed by atoms with van der Waals surface area (Å²) in [7, 11) is 0. The number of fused-ring (bicyclic) bond motifs is 1. The van der Waals surface area contributed by atoms with Crippen molar-refractivity contribution in [2.24, 2.45) is 5.92 Å². The van der Waals surface area contributed by atoms with Crippen molar-refractivity contribution in [1.82, 2.24) is 20.1 Å². The second-order valence-corrected chi connectivity index (χ2v) is 7.03. The summed E-state index contributed by atoms with van der Waals surface area (Å²) in [6.07, 6.45) is 7.54. The Balaban J connectivity index is 1.78. The van der Waals surface area contributed by atoms with Crippen molar-refractivity contribution in [1.29, 1.82) is 0 Å². The molecule has 2 heterocycles. The molecule has 1 fully saturated rings. The monoisotopic (exact) mass is 343 g/mol. The van der Waals surface area contributed by atoms with Gasteiger partial charge in [0, 0.05) is 18.4 Å². The molecule has 7 heteroatoms. The highest BCUT2D eigenvalue weighted by Crippen LogP contribution is 2.28. The molecule has 134 valence electrons. The molecule has 1 unspecified atom stereocenters. The maximum absolute atomic E-state index is 12.7. The van der Waals surface area contributed by atoms with Crippen molar-refractivity contribution in [3.05, 3.63) is 18.5 Å². The Hall–Kier alpha value is -2.44. The van der Waals surface area contributed by atoms with Crippen molar-refractivity contribution >= 4 is 28.5 Å². The van der Waals surface area contributed by atoms with Crippen LogP contribution in [0.1, 0.15) is 52.5 Å². The molecule has 1 saturated carbocycles. The van der Waals surface area contributed by atoms with E-state index < -0.39 is 6.04 Å². The minimum Gasteiger partial charge on any atom is -0.344 e. The van der Waals surface area contributed by atoms with Gasteiger partial charge in [0.05, 0.1) is 18.1 Å². The number of rotatable bonds is 5. The van der Waals surface area contributed by atoms with Crippen molar-refractivity contribution in [2.45, 2.75) is 58.5 Å². The second kappa shape index (κ2) is 7.21. The van der Waals surface area contributed by atoms with Gasteiger partial charge in [-0.2, -0.15) is 5.10 Å². The number of aromatic nitrogens is 3. The number of pyridine rings is 1. The first-order chi connectivity index (χ1) is 12.0. The molecule has 3 rings (SSSR count). The first-order valence-electron chi connectivity index (χ1n) is 8.87. The minimum atomic E-state index is -0.492. The molecule has 0 aliphatic heterocycles. The van der Waals surface area contributed by atoms with Crippen LogP contribution in [0.2, 0.25) is 0 Å².